The largest absolute Gasteiger partial charge is 0.357 e. The van der Waals surface area contributed by atoms with Gasteiger partial charge in [-0.2, -0.15) is 5.10 Å². The number of piperidine rings is 1. The molecule has 1 unspecified atom stereocenters. The zero-order chi connectivity index (χ0) is 26.8. The molecule has 39 heavy (non-hydrogen) atoms. The van der Waals surface area contributed by atoms with Crippen LogP contribution in [0.3, 0.4) is 0 Å². The minimum atomic E-state index is -0.573. The van der Waals surface area contributed by atoms with Crippen LogP contribution in [-0.4, -0.2) is 57.2 Å². The first-order valence-electron chi connectivity index (χ1n) is 14.1. The van der Waals surface area contributed by atoms with Gasteiger partial charge in [0.2, 0.25) is 0 Å². The number of H-pyrrole nitrogens is 1. The Morgan fingerprint density at radius 2 is 2.00 bits per heavy atom. The molecule has 3 aromatic heterocycles. The van der Waals surface area contributed by atoms with Crippen molar-refractivity contribution in [3.05, 3.63) is 66.0 Å². The molecule has 8 nitrogen and oxygen atoms in total. The maximum Gasteiger partial charge on any atom is 0.259 e. The molecular formula is C30H36FN7O. The molecule has 5 heterocycles. The molecule has 2 fully saturated rings. The first-order valence-corrected chi connectivity index (χ1v) is 14.1. The average molecular weight is 530 g/mol. The van der Waals surface area contributed by atoms with Crippen LogP contribution in [0.1, 0.15) is 60.6 Å². The Labute approximate surface area is 228 Å². The number of carbonyl (C=O) groups is 1. The summed E-state index contributed by atoms with van der Waals surface area (Å²) in [6.45, 7) is 4.18. The van der Waals surface area contributed by atoms with Crippen molar-refractivity contribution in [2.75, 3.05) is 32.0 Å². The molecule has 0 saturated carbocycles. The summed E-state index contributed by atoms with van der Waals surface area (Å²) in [6, 6.07) is 8.98. The van der Waals surface area contributed by atoms with Gasteiger partial charge in [0.15, 0.2) is 0 Å². The summed E-state index contributed by atoms with van der Waals surface area (Å²) in [5.41, 5.74) is 3.57. The van der Waals surface area contributed by atoms with Crippen LogP contribution in [0.2, 0.25) is 0 Å². The SMILES string of the molecule is CN1CCCC1c1cc2cnc(NC(=O)c3ccc(-c4cnn(CCCC5CCNCC5)c4)cc3F)cc2[nH]1. The highest BCUT2D eigenvalue weighted by molar-refractivity contribution is 6.04. The second kappa shape index (κ2) is 11.3. The predicted octanol–water partition coefficient (Wildman–Crippen LogP) is 5.36. The lowest BCUT2D eigenvalue weighted by Crippen LogP contribution is -2.27. The molecule has 0 radical (unpaired) electrons. The van der Waals surface area contributed by atoms with E-state index in [0.717, 1.165) is 67.1 Å². The summed E-state index contributed by atoms with van der Waals surface area (Å²) >= 11 is 0. The fourth-order valence-corrected chi connectivity index (χ4v) is 6.01. The van der Waals surface area contributed by atoms with E-state index in [1.807, 2.05) is 10.9 Å². The molecule has 2 saturated heterocycles. The zero-order valence-electron chi connectivity index (χ0n) is 22.4. The van der Waals surface area contributed by atoms with Gasteiger partial charge in [0.05, 0.1) is 17.3 Å². The highest BCUT2D eigenvalue weighted by Crippen LogP contribution is 2.32. The lowest BCUT2D eigenvalue weighted by Gasteiger charge is -2.22. The molecule has 3 N–H and O–H groups in total. The lowest BCUT2D eigenvalue weighted by atomic mass is 9.93. The van der Waals surface area contributed by atoms with Crippen molar-refractivity contribution in [1.82, 2.24) is 30.0 Å². The number of fused-ring (bicyclic) bond motifs is 1. The molecule has 0 spiro atoms. The third-order valence-corrected chi connectivity index (χ3v) is 8.28. The Hall–Kier alpha value is -3.56. The molecule has 2 aliphatic heterocycles. The summed E-state index contributed by atoms with van der Waals surface area (Å²) in [6.07, 6.45) is 12.5. The Kier molecular flexibility index (Phi) is 7.43. The average Bonchev–Trinajstić information content (AvgIpc) is 3.68. The van der Waals surface area contributed by atoms with Crippen molar-refractivity contribution in [3.63, 3.8) is 0 Å². The van der Waals surface area contributed by atoms with Crippen molar-refractivity contribution >= 4 is 22.6 Å². The van der Waals surface area contributed by atoms with Gasteiger partial charge >= 0.3 is 0 Å². The number of nitrogens with zero attached hydrogens (tertiary/aromatic N) is 4. The molecule has 9 heteroatoms. The van der Waals surface area contributed by atoms with Gasteiger partial charge in [-0.15, -0.1) is 0 Å². The number of aromatic amines is 1. The van der Waals surface area contributed by atoms with Gasteiger partial charge in [-0.25, -0.2) is 9.37 Å². The number of hydrogen-bond donors (Lipinski definition) is 3. The van der Waals surface area contributed by atoms with E-state index in [2.05, 4.69) is 43.7 Å². The van der Waals surface area contributed by atoms with Crippen LogP contribution in [-0.2, 0) is 6.54 Å². The summed E-state index contributed by atoms with van der Waals surface area (Å²) in [5.74, 6) is 0.0818. The van der Waals surface area contributed by atoms with Gasteiger partial charge in [-0.3, -0.25) is 14.4 Å². The van der Waals surface area contributed by atoms with E-state index < -0.39 is 11.7 Å². The Morgan fingerprint density at radius 1 is 1.13 bits per heavy atom. The number of amides is 1. The number of benzene rings is 1. The number of likely N-dealkylation sites (tertiary alicyclic amines) is 1. The first-order chi connectivity index (χ1) is 19.0. The molecule has 1 aromatic carbocycles. The molecule has 6 rings (SSSR count). The number of aromatic nitrogens is 4. The Morgan fingerprint density at radius 3 is 2.79 bits per heavy atom. The van der Waals surface area contributed by atoms with Gasteiger partial charge in [0, 0.05) is 47.7 Å². The number of rotatable bonds is 8. The van der Waals surface area contributed by atoms with Crippen LogP contribution < -0.4 is 10.6 Å². The molecule has 0 aliphatic carbocycles. The summed E-state index contributed by atoms with van der Waals surface area (Å²) < 4.78 is 17.0. The van der Waals surface area contributed by atoms with E-state index in [4.69, 9.17) is 0 Å². The number of anilines is 1. The third-order valence-electron chi connectivity index (χ3n) is 8.28. The number of carbonyl (C=O) groups excluding carboxylic acids is 1. The van der Waals surface area contributed by atoms with Crippen LogP contribution in [0.15, 0.2) is 48.9 Å². The topological polar surface area (TPSA) is 90.9 Å². The summed E-state index contributed by atoms with van der Waals surface area (Å²) in [5, 5.41) is 11.6. The molecule has 2 aliphatic rings. The van der Waals surface area contributed by atoms with Crippen molar-refractivity contribution in [1.29, 1.82) is 0 Å². The quantitative estimate of drug-likeness (QED) is 0.286. The minimum Gasteiger partial charge on any atom is -0.357 e. The highest BCUT2D eigenvalue weighted by Gasteiger charge is 2.24. The van der Waals surface area contributed by atoms with E-state index in [9.17, 15) is 4.79 Å². The number of nitrogens with one attached hydrogen (secondary N) is 3. The molecule has 4 aromatic rings. The van der Waals surface area contributed by atoms with Gasteiger partial charge in [0.25, 0.3) is 5.91 Å². The van der Waals surface area contributed by atoms with Crippen LogP contribution in [0, 0.1) is 11.7 Å². The fourth-order valence-electron chi connectivity index (χ4n) is 6.01. The van der Waals surface area contributed by atoms with Crippen molar-refractivity contribution < 1.29 is 9.18 Å². The second-order valence-corrected chi connectivity index (χ2v) is 11.0. The number of halogens is 1. The molecule has 1 amide bonds. The lowest BCUT2D eigenvalue weighted by molar-refractivity contribution is 0.102. The summed E-state index contributed by atoms with van der Waals surface area (Å²) in [4.78, 5) is 23.1. The maximum atomic E-state index is 15.0. The van der Waals surface area contributed by atoms with E-state index in [-0.39, 0.29) is 5.56 Å². The van der Waals surface area contributed by atoms with Crippen LogP contribution >= 0.6 is 0 Å². The van der Waals surface area contributed by atoms with Crippen LogP contribution in [0.5, 0.6) is 0 Å². The zero-order valence-corrected chi connectivity index (χ0v) is 22.4. The second-order valence-electron chi connectivity index (χ2n) is 11.0. The van der Waals surface area contributed by atoms with Gasteiger partial charge in [0.1, 0.15) is 11.6 Å². The normalized spacial score (nSPS) is 18.7. The van der Waals surface area contributed by atoms with Crippen molar-refractivity contribution in [2.24, 2.45) is 5.92 Å². The Balaban J connectivity index is 1.09. The molecule has 1 atom stereocenters. The standard InChI is InChI=1S/C30H36FN7O/c1-37-12-3-5-28(37)27-15-22-17-33-29(16-26(22)35-27)36-30(39)24-7-6-21(14-25(24)31)23-18-34-38(19-23)13-2-4-20-8-10-32-11-9-20/h6-7,14-20,28,32,35H,2-5,8-13H2,1H3,(H,33,36,39). The Bertz CT molecular complexity index is 1450. The van der Waals surface area contributed by atoms with Crippen molar-refractivity contribution in [3.8, 4) is 11.1 Å². The number of pyridine rings is 1. The highest BCUT2D eigenvalue weighted by atomic mass is 19.1. The monoisotopic (exact) mass is 529 g/mol. The predicted molar refractivity (Wildman–Crippen MR) is 151 cm³/mol. The minimum absolute atomic E-state index is 0.0187. The van der Waals surface area contributed by atoms with E-state index in [1.54, 1.807) is 24.5 Å². The van der Waals surface area contributed by atoms with Gasteiger partial charge in [-0.05, 0) is 94.9 Å². The first kappa shape index (κ1) is 25.7. The van der Waals surface area contributed by atoms with Crippen molar-refractivity contribution in [2.45, 2.75) is 51.1 Å². The van der Waals surface area contributed by atoms with Crippen LogP contribution in [0.25, 0.3) is 22.0 Å². The van der Waals surface area contributed by atoms with E-state index in [1.165, 1.54) is 37.8 Å². The van der Waals surface area contributed by atoms with Gasteiger partial charge < -0.3 is 15.6 Å². The van der Waals surface area contributed by atoms with Gasteiger partial charge in [-0.1, -0.05) is 6.07 Å². The van der Waals surface area contributed by atoms with Crippen LogP contribution in [0.4, 0.5) is 10.2 Å². The number of aryl methyl sites for hydroxylation is 1. The van der Waals surface area contributed by atoms with E-state index >= 15 is 4.39 Å². The molecule has 0 bridgehead atoms. The van der Waals surface area contributed by atoms with E-state index in [0.29, 0.717) is 17.4 Å². The smallest absolute Gasteiger partial charge is 0.259 e. The molecular weight excluding hydrogens is 493 g/mol. The number of hydrogen-bond acceptors (Lipinski definition) is 5. The third kappa shape index (κ3) is 5.74. The molecule has 204 valence electrons. The fraction of sp³-hybridized carbons (Fsp3) is 0.433. The summed E-state index contributed by atoms with van der Waals surface area (Å²) in [7, 11) is 2.13. The maximum absolute atomic E-state index is 15.0.